The summed E-state index contributed by atoms with van der Waals surface area (Å²) >= 11 is 0. The van der Waals surface area contributed by atoms with Crippen LogP contribution in [-0.4, -0.2) is 37.3 Å². The molecule has 0 aliphatic rings. The zero-order chi connectivity index (χ0) is 24.1. The van der Waals surface area contributed by atoms with Crippen molar-refractivity contribution in [1.82, 2.24) is 30.2 Å². The summed E-state index contributed by atoms with van der Waals surface area (Å²) in [4.78, 5) is 18.3. The van der Waals surface area contributed by atoms with E-state index in [-0.39, 0.29) is 11.7 Å². The van der Waals surface area contributed by atoms with Crippen molar-refractivity contribution in [2.24, 2.45) is 0 Å². The molecule has 0 saturated carbocycles. The first-order chi connectivity index (χ1) is 16.5. The molecule has 2 heterocycles. The van der Waals surface area contributed by atoms with Crippen LogP contribution in [0.15, 0.2) is 53.3 Å². The van der Waals surface area contributed by atoms with E-state index in [1.165, 1.54) is 0 Å². The van der Waals surface area contributed by atoms with Crippen molar-refractivity contribution in [3.8, 4) is 22.5 Å². The number of aryl methyl sites for hydroxylation is 2. The molecular formula is C26H30N6O2. The molecule has 1 atom stereocenters. The summed E-state index contributed by atoms with van der Waals surface area (Å²) in [5.41, 5.74) is 5.33. The van der Waals surface area contributed by atoms with Crippen LogP contribution in [-0.2, 0) is 17.7 Å². The number of tetrazole rings is 1. The van der Waals surface area contributed by atoms with Crippen molar-refractivity contribution in [1.29, 1.82) is 0 Å². The van der Waals surface area contributed by atoms with E-state index in [1.807, 2.05) is 38.1 Å². The molecule has 2 aromatic carbocycles. The quantitative estimate of drug-likeness (QED) is 0.397. The van der Waals surface area contributed by atoms with Gasteiger partial charge in [-0.05, 0) is 42.2 Å². The Bertz CT molecular complexity index is 1300. The maximum Gasteiger partial charge on any atom is 0.259 e. The van der Waals surface area contributed by atoms with E-state index in [0.29, 0.717) is 17.9 Å². The Morgan fingerprint density at radius 2 is 1.82 bits per heavy atom. The number of hydrogen-bond donors (Lipinski definition) is 1. The van der Waals surface area contributed by atoms with Gasteiger partial charge in [0.25, 0.3) is 5.56 Å². The molecule has 0 radical (unpaired) electrons. The number of methoxy groups -OCH3 is 1. The number of benzene rings is 2. The molecule has 0 bridgehead atoms. The van der Waals surface area contributed by atoms with E-state index in [0.717, 1.165) is 53.0 Å². The minimum absolute atomic E-state index is 0.0283. The number of ether oxygens (including phenoxy) is 1. The first-order valence-electron chi connectivity index (χ1n) is 11.6. The normalized spacial score (nSPS) is 12.1. The highest BCUT2D eigenvalue weighted by Gasteiger charge is 2.19. The summed E-state index contributed by atoms with van der Waals surface area (Å²) < 4.78 is 7.26. The van der Waals surface area contributed by atoms with Gasteiger partial charge in [0.15, 0.2) is 0 Å². The van der Waals surface area contributed by atoms with Crippen LogP contribution in [0.5, 0.6) is 0 Å². The Balaban J connectivity index is 1.69. The summed E-state index contributed by atoms with van der Waals surface area (Å²) in [5.74, 6) is 1.38. The highest BCUT2D eigenvalue weighted by atomic mass is 16.5. The Morgan fingerprint density at radius 1 is 1.09 bits per heavy atom. The van der Waals surface area contributed by atoms with E-state index in [2.05, 4.69) is 51.8 Å². The van der Waals surface area contributed by atoms with Gasteiger partial charge < -0.3 is 4.74 Å². The topological polar surface area (TPSA) is 98.6 Å². The van der Waals surface area contributed by atoms with Crippen molar-refractivity contribution < 1.29 is 4.74 Å². The molecule has 34 heavy (non-hydrogen) atoms. The molecule has 0 spiro atoms. The molecule has 4 rings (SSSR count). The highest BCUT2D eigenvalue weighted by Crippen LogP contribution is 2.29. The molecule has 0 fully saturated rings. The standard InChI is InChI=1S/C26H30N6O2/c1-5-6-11-23-27-17(2)24(18(3)34-4)26(33)32(23)16-19-12-14-20(15-13-19)21-9-7-8-10-22(21)25-28-30-31-29-25/h7-10,12-15,18H,5-6,11,16H2,1-4H3,(H,28,29,30,31). The van der Waals surface area contributed by atoms with Gasteiger partial charge in [0.05, 0.1) is 23.9 Å². The van der Waals surface area contributed by atoms with E-state index < -0.39 is 0 Å². The van der Waals surface area contributed by atoms with Crippen LogP contribution in [0, 0.1) is 6.92 Å². The molecule has 0 aliphatic carbocycles. The first kappa shape index (κ1) is 23.5. The molecular weight excluding hydrogens is 428 g/mol. The summed E-state index contributed by atoms with van der Waals surface area (Å²) in [6, 6.07) is 16.2. The van der Waals surface area contributed by atoms with Gasteiger partial charge in [-0.2, -0.15) is 5.21 Å². The molecule has 0 aliphatic heterocycles. The van der Waals surface area contributed by atoms with E-state index in [4.69, 9.17) is 9.72 Å². The molecule has 8 heteroatoms. The fourth-order valence-electron chi connectivity index (χ4n) is 4.18. The number of rotatable bonds is 9. The molecule has 1 N–H and O–H groups in total. The Kier molecular flexibility index (Phi) is 7.27. The van der Waals surface area contributed by atoms with Crippen LogP contribution in [0.4, 0.5) is 0 Å². The maximum atomic E-state index is 13.5. The van der Waals surface area contributed by atoms with Gasteiger partial charge in [0.1, 0.15) is 5.82 Å². The lowest BCUT2D eigenvalue weighted by atomic mass is 9.98. The van der Waals surface area contributed by atoms with Gasteiger partial charge in [-0.1, -0.05) is 61.9 Å². The number of unbranched alkanes of at least 4 members (excludes halogenated alkanes) is 1. The van der Waals surface area contributed by atoms with Crippen molar-refractivity contribution in [3.63, 3.8) is 0 Å². The predicted molar refractivity (Wildman–Crippen MR) is 131 cm³/mol. The number of aromatic nitrogens is 6. The fraction of sp³-hybridized carbons (Fsp3) is 0.346. The zero-order valence-corrected chi connectivity index (χ0v) is 20.1. The molecule has 2 aromatic heterocycles. The van der Waals surface area contributed by atoms with Crippen LogP contribution in [0.3, 0.4) is 0 Å². The largest absolute Gasteiger partial charge is 0.377 e. The summed E-state index contributed by atoms with van der Waals surface area (Å²) in [5, 5.41) is 14.4. The minimum Gasteiger partial charge on any atom is -0.377 e. The summed E-state index contributed by atoms with van der Waals surface area (Å²) in [7, 11) is 1.62. The minimum atomic E-state index is -0.310. The molecule has 0 amide bonds. The third-order valence-corrected chi connectivity index (χ3v) is 6.11. The van der Waals surface area contributed by atoms with Crippen molar-refractivity contribution in [2.75, 3.05) is 7.11 Å². The van der Waals surface area contributed by atoms with Crippen LogP contribution in [0.25, 0.3) is 22.5 Å². The van der Waals surface area contributed by atoms with Gasteiger partial charge in [-0.15, -0.1) is 10.2 Å². The fourth-order valence-corrected chi connectivity index (χ4v) is 4.18. The van der Waals surface area contributed by atoms with Gasteiger partial charge >= 0.3 is 0 Å². The Labute approximate surface area is 199 Å². The summed E-state index contributed by atoms with van der Waals surface area (Å²) in [6.07, 6.45) is 2.48. The van der Waals surface area contributed by atoms with Gasteiger partial charge in [0, 0.05) is 19.1 Å². The third kappa shape index (κ3) is 4.82. The summed E-state index contributed by atoms with van der Waals surface area (Å²) in [6.45, 7) is 6.38. The van der Waals surface area contributed by atoms with Crippen molar-refractivity contribution in [2.45, 2.75) is 52.7 Å². The average Bonchev–Trinajstić information content (AvgIpc) is 3.40. The number of nitrogens with zero attached hydrogens (tertiary/aromatic N) is 5. The molecule has 0 saturated heterocycles. The Hall–Kier alpha value is -3.65. The van der Waals surface area contributed by atoms with Gasteiger partial charge in [-0.25, -0.2) is 4.98 Å². The lowest BCUT2D eigenvalue weighted by Crippen LogP contribution is -2.31. The Morgan fingerprint density at radius 3 is 2.47 bits per heavy atom. The first-order valence-corrected chi connectivity index (χ1v) is 11.6. The van der Waals surface area contributed by atoms with Crippen LogP contribution in [0.2, 0.25) is 0 Å². The SMILES string of the molecule is CCCCc1nc(C)c(C(C)OC)c(=O)n1Cc1ccc(-c2ccccc2-c2nn[nH]n2)cc1. The predicted octanol–water partition coefficient (Wildman–Crippen LogP) is 4.50. The van der Waals surface area contributed by atoms with E-state index in [1.54, 1.807) is 11.7 Å². The second-order valence-electron chi connectivity index (χ2n) is 8.38. The smallest absolute Gasteiger partial charge is 0.259 e. The lowest BCUT2D eigenvalue weighted by molar-refractivity contribution is 0.117. The van der Waals surface area contributed by atoms with Crippen LogP contribution < -0.4 is 5.56 Å². The lowest BCUT2D eigenvalue weighted by Gasteiger charge is -2.19. The number of aromatic amines is 1. The number of H-pyrrole nitrogens is 1. The molecule has 1 unspecified atom stereocenters. The van der Waals surface area contributed by atoms with E-state index >= 15 is 0 Å². The molecule has 4 aromatic rings. The van der Waals surface area contributed by atoms with Crippen LogP contribution >= 0.6 is 0 Å². The number of hydrogen-bond acceptors (Lipinski definition) is 6. The number of nitrogens with one attached hydrogen (secondary N) is 1. The molecule has 176 valence electrons. The highest BCUT2D eigenvalue weighted by molar-refractivity contribution is 5.80. The molecule has 8 nitrogen and oxygen atoms in total. The van der Waals surface area contributed by atoms with Crippen molar-refractivity contribution in [3.05, 3.63) is 81.5 Å². The average molecular weight is 459 g/mol. The second-order valence-corrected chi connectivity index (χ2v) is 8.38. The third-order valence-electron chi connectivity index (χ3n) is 6.11. The van der Waals surface area contributed by atoms with E-state index in [9.17, 15) is 4.79 Å². The monoisotopic (exact) mass is 458 g/mol. The van der Waals surface area contributed by atoms with Gasteiger partial charge in [-0.3, -0.25) is 9.36 Å². The van der Waals surface area contributed by atoms with Gasteiger partial charge in [0.2, 0.25) is 5.82 Å². The second kappa shape index (κ2) is 10.5. The van der Waals surface area contributed by atoms with Crippen molar-refractivity contribution >= 4 is 0 Å². The van der Waals surface area contributed by atoms with Crippen LogP contribution in [0.1, 0.15) is 55.4 Å². The zero-order valence-electron chi connectivity index (χ0n) is 20.1. The maximum absolute atomic E-state index is 13.5.